The smallest absolute Gasteiger partial charge is 0.266 e. The number of rotatable bonds is 4. The summed E-state index contributed by atoms with van der Waals surface area (Å²) in [6.07, 6.45) is 1.58. The van der Waals surface area contributed by atoms with Crippen LogP contribution < -0.4 is 5.43 Å². The molecule has 2 aromatic carbocycles. The third-order valence-corrected chi connectivity index (χ3v) is 5.38. The molecule has 0 aliphatic rings. The number of thiophene rings is 1. The SMILES string of the molecule is Cc1nn(-c2ccccc2)c2sc(C(=O)NN=Cc3ccc(Cl)cc3)cc12. The van der Waals surface area contributed by atoms with Gasteiger partial charge in [0.05, 0.1) is 22.5 Å². The molecule has 5 nitrogen and oxygen atoms in total. The predicted octanol–water partition coefficient (Wildman–Crippen LogP) is 4.81. The van der Waals surface area contributed by atoms with E-state index in [1.165, 1.54) is 11.3 Å². The lowest BCUT2D eigenvalue weighted by Crippen LogP contribution is -2.16. The number of nitrogens with zero attached hydrogens (tertiary/aromatic N) is 3. The highest BCUT2D eigenvalue weighted by atomic mass is 35.5. The molecule has 0 spiro atoms. The molecular weight excluding hydrogens is 380 g/mol. The first-order chi connectivity index (χ1) is 13.1. The summed E-state index contributed by atoms with van der Waals surface area (Å²) in [6, 6.07) is 18.9. The quantitative estimate of drug-likeness (QED) is 0.398. The summed E-state index contributed by atoms with van der Waals surface area (Å²) in [5.74, 6) is -0.250. The Morgan fingerprint density at radius 2 is 1.93 bits per heavy atom. The van der Waals surface area contributed by atoms with Crippen molar-refractivity contribution in [1.82, 2.24) is 15.2 Å². The number of aromatic nitrogens is 2. The van der Waals surface area contributed by atoms with Gasteiger partial charge in [0.25, 0.3) is 5.91 Å². The molecule has 4 aromatic rings. The predicted molar refractivity (Wildman–Crippen MR) is 110 cm³/mol. The van der Waals surface area contributed by atoms with Gasteiger partial charge in [0.2, 0.25) is 0 Å². The minimum Gasteiger partial charge on any atom is -0.266 e. The second-order valence-corrected chi connectivity index (χ2v) is 7.38. The molecule has 2 heterocycles. The van der Waals surface area contributed by atoms with E-state index in [2.05, 4.69) is 15.6 Å². The van der Waals surface area contributed by atoms with E-state index < -0.39 is 0 Å². The topological polar surface area (TPSA) is 59.3 Å². The zero-order valence-corrected chi connectivity index (χ0v) is 16.0. The number of nitrogens with one attached hydrogen (secondary N) is 1. The summed E-state index contributed by atoms with van der Waals surface area (Å²) in [5.41, 5.74) is 5.27. The van der Waals surface area contributed by atoms with Crippen LogP contribution in [0.4, 0.5) is 0 Å². The Morgan fingerprint density at radius 3 is 2.67 bits per heavy atom. The summed E-state index contributed by atoms with van der Waals surface area (Å²) in [4.78, 5) is 14.0. The van der Waals surface area contributed by atoms with Crippen LogP contribution in [0.1, 0.15) is 20.9 Å². The van der Waals surface area contributed by atoms with Crippen molar-refractivity contribution in [2.75, 3.05) is 0 Å². The molecule has 0 bridgehead atoms. The Balaban J connectivity index is 1.57. The van der Waals surface area contributed by atoms with Gasteiger partial charge in [0.1, 0.15) is 4.83 Å². The Kier molecular flexibility index (Phi) is 4.75. The Bertz CT molecular complexity index is 1130. The highest BCUT2D eigenvalue weighted by Gasteiger charge is 2.16. The number of hydrazone groups is 1. The van der Waals surface area contributed by atoms with Crippen molar-refractivity contribution < 1.29 is 4.79 Å². The molecule has 7 heteroatoms. The van der Waals surface area contributed by atoms with Gasteiger partial charge in [0.15, 0.2) is 0 Å². The maximum atomic E-state index is 12.5. The first-order valence-corrected chi connectivity index (χ1v) is 9.45. The Hall–Kier alpha value is -2.96. The standard InChI is InChI=1S/C20H15ClN4OS/c1-13-17-11-18(19(26)23-22-12-14-7-9-15(21)10-8-14)27-20(17)25(24-13)16-5-3-2-4-6-16/h2-12H,1H3,(H,23,26). The van der Waals surface area contributed by atoms with Crippen LogP contribution in [0, 0.1) is 6.92 Å². The molecular formula is C20H15ClN4OS. The number of hydrogen-bond donors (Lipinski definition) is 1. The van der Waals surface area contributed by atoms with E-state index >= 15 is 0 Å². The fourth-order valence-electron chi connectivity index (χ4n) is 2.67. The van der Waals surface area contributed by atoms with Gasteiger partial charge in [0, 0.05) is 10.4 Å². The lowest BCUT2D eigenvalue weighted by atomic mass is 10.2. The number of hydrogen-bond acceptors (Lipinski definition) is 4. The van der Waals surface area contributed by atoms with Gasteiger partial charge in [-0.05, 0) is 42.8 Å². The molecule has 1 N–H and O–H groups in total. The monoisotopic (exact) mass is 394 g/mol. The van der Waals surface area contributed by atoms with E-state index in [0.29, 0.717) is 9.90 Å². The molecule has 0 unspecified atom stereocenters. The number of halogens is 1. The van der Waals surface area contributed by atoms with Crippen molar-refractivity contribution in [2.45, 2.75) is 6.92 Å². The zero-order valence-electron chi connectivity index (χ0n) is 14.4. The Morgan fingerprint density at radius 1 is 1.19 bits per heavy atom. The molecule has 0 aliphatic carbocycles. The van der Waals surface area contributed by atoms with Crippen molar-refractivity contribution in [2.24, 2.45) is 5.10 Å². The molecule has 1 amide bonds. The van der Waals surface area contributed by atoms with E-state index in [4.69, 9.17) is 11.6 Å². The zero-order chi connectivity index (χ0) is 18.8. The van der Waals surface area contributed by atoms with Crippen LogP contribution in [0.15, 0.2) is 65.8 Å². The normalized spacial score (nSPS) is 11.3. The number of carbonyl (C=O) groups excluding carboxylic acids is 1. The second kappa shape index (κ2) is 7.34. The van der Waals surface area contributed by atoms with E-state index in [1.807, 2.05) is 60.1 Å². The lowest BCUT2D eigenvalue weighted by Gasteiger charge is -2.01. The van der Waals surface area contributed by atoms with Crippen LogP contribution in [0.5, 0.6) is 0 Å². The van der Waals surface area contributed by atoms with Crippen LogP contribution >= 0.6 is 22.9 Å². The summed E-state index contributed by atoms with van der Waals surface area (Å²) in [7, 11) is 0. The van der Waals surface area contributed by atoms with Crippen LogP contribution in [-0.4, -0.2) is 21.9 Å². The molecule has 0 fully saturated rings. The fraction of sp³-hybridized carbons (Fsp3) is 0.0500. The molecule has 0 aliphatic heterocycles. The summed E-state index contributed by atoms with van der Waals surface area (Å²) in [6.45, 7) is 1.94. The van der Waals surface area contributed by atoms with Crippen LogP contribution in [0.3, 0.4) is 0 Å². The van der Waals surface area contributed by atoms with Crippen molar-refractivity contribution >= 4 is 45.3 Å². The molecule has 27 heavy (non-hydrogen) atoms. The number of aryl methyl sites for hydroxylation is 1. The third-order valence-electron chi connectivity index (χ3n) is 4.02. The lowest BCUT2D eigenvalue weighted by molar-refractivity contribution is 0.0959. The number of para-hydroxylation sites is 1. The van der Waals surface area contributed by atoms with Crippen molar-refractivity contribution in [3.05, 3.63) is 81.8 Å². The van der Waals surface area contributed by atoms with E-state index in [-0.39, 0.29) is 5.91 Å². The molecule has 0 atom stereocenters. The van der Waals surface area contributed by atoms with Crippen molar-refractivity contribution in [1.29, 1.82) is 0 Å². The third kappa shape index (κ3) is 3.63. The van der Waals surface area contributed by atoms with Gasteiger partial charge >= 0.3 is 0 Å². The Labute approximate surface area is 164 Å². The molecule has 4 rings (SSSR count). The first-order valence-electron chi connectivity index (χ1n) is 8.25. The van der Waals surface area contributed by atoms with Gasteiger partial charge in [-0.1, -0.05) is 41.9 Å². The van der Waals surface area contributed by atoms with Crippen molar-refractivity contribution in [3.63, 3.8) is 0 Å². The van der Waals surface area contributed by atoms with Crippen LogP contribution in [0.25, 0.3) is 15.9 Å². The molecule has 0 radical (unpaired) electrons. The van der Waals surface area contributed by atoms with Gasteiger partial charge in [-0.3, -0.25) is 4.79 Å². The van der Waals surface area contributed by atoms with Crippen LogP contribution in [0.2, 0.25) is 5.02 Å². The van der Waals surface area contributed by atoms with E-state index in [0.717, 1.165) is 27.2 Å². The maximum Gasteiger partial charge on any atom is 0.281 e. The molecule has 0 saturated carbocycles. The maximum absolute atomic E-state index is 12.5. The first kappa shape index (κ1) is 17.5. The number of fused-ring (bicyclic) bond motifs is 1. The summed E-state index contributed by atoms with van der Waals surface area (Å²) in [5, 5.41) is 10.2. The highest BCUT2D eigenvalue weighted by molar-refractivity contribution is 7.20. The van der Waals surface area contributed by atoms with Gasteiger partial charge in [-0.2, -0.15) is 10.2 Å². The number of carbonyl (C=O) groups is 1. The van der Waals surface area contributed by atoms with E-state index in [9.17, 15) is 4.79 Å². The minimum absolute atomic E-state index is 0.250. The van der Waals surface area contributed by atoms with Gasteiger partial charge < -0.3 is 0 Å². The summed E-state index contributed by atoms with van der Waals surface area (Å²) < 4.78 is 1.86. The van der Waals surface area contributed by atoms with Gasteiger partial charge in [-0.25, -0.2) is 10.1 Å². The van der Waals surface area contributed by atoms with Crippen molar-refractivity contribution in [3.8, 4) is 5.69 Å². The second-order valence-electron chi connectivity index (χ2n) is 5.91. The largest absolute Gasteiger partial charge is 0.281 e. The average molecular weight is 395 g/mol. The van der Waals surface area contributed by atoms with Crippen LogP contribution in [-0.2, 0) is 0 Å². The van der Waals surface area contributed by atoms with Gasteiger partial charge in [-0.15, -0.1) is 11.3 Å². The van der Waals surface area contributed by atoms with E-state index in [1.54, 1.807) is 18.3 Å². The highest BCUT2D eigenvalue weighted by Crippen LogP contribution is 2.30. The molecule has 2 aromatic heterocycles. The number of amides is 1. The minimum atomic E-state index is -0.250. The number of benzene rings is 2. The summed E-state index contributed by atoms with van der Waals surface area (Å²) >= 11 is 7.25. The average Bonchev–Trinajstić information content (AvgIpc) is 3.25. The fourth-order valence-corrected chi connectivity index (χ4v) is 3.87. The molecule has 134 valence electrons. The molecule has 0 saturated heterocycles.